The fourth-order valence-electron chi connectivity index (χ4n) is 3.17. The Kier molecular flexibility index (Phi) is 3.06. The van der Waals surface area contributed by atoms with Gasteiger partial charge < -0.3 is 14.1 Å². The fraction of sp³-hybridized carbons (Fsp3) is 0.917. The first-order chi connectivity index (χ1) is 8.27. The number of nitrogens with zero attached hydrogens (tertiary/aromatic N) is 3. The molecule has 0 atom stereocenters. The maximum atomic E-state index is 12.3. The van der Waals surface area contributed by atoms with Gasteiger partial charge in [0.15, 0.2) is 6.54 Å². The van der Waals surface area contributed by atoms with Crippen molar-refractivity contribution >= 4 is 5.91 Å². The summed E-state index contributed by atoms with van der Waals surface area (Å²) in [6, 6.07) is 0. The van der Waals surface area contributed by atoms with Crippen LogP contribution in [0.15, 0.2) is 0 Å². The van der Waals surface area contributed by atoms with Crippen LogP contribution in [-0.4, -0.2) is 92.3 Å². The largest absolute Gasteiger partial charge is 0.378 e. The lowest BCUT2D eigenvalue weighted by molar-refractivity contribution is -0.934. The van der Waals surface area contributed by atoms with E-state index in [0.29, 0.717) is 25.7 Å². The van der Waals surface area contributed by atoms with E-state index < -0.39 is 0 Å². The van der Waals surface area contributed by atoms with Crippen molar-refractivity contribution in [3.8, 4) is 0 Å². The Balaban J connectivity index is 1.59. The van der Waals surface area contributed by atoms with E-state index >= 15 is 0 Å². The third-order valence-electron chi connectivity index (χ3n) is 4.51. The highest BCUT2D eigenvalue weighted by Crippen LogP contribution is 2.19. The number of morpholine rings is 1. The minimum atomic E-state index is 0.337. The van der Waals surface area contributed by atoms with Crippen molar-refractivity contribution in [3.05, 3.63) is 0 Å². The van der Waals surface area contributed by atoms with E-state index in [1.54, 1.807) is 0 Å². The minimum Gasteiger partial charge on any atom is -0.378 e. The van der Waals surface area contributed by atoms with Gasteiger partial charge in [0.05, 0.1) is 32.8 Å². The Labute approximate surface area is 103 Å². The van der Waals surface area contributed by atoms with Crippen LogP contribution >= 0.6 is 0 Å². The van der Waals surface area contributed by atoms with Crippen LogP contribution in [0.1, 0.15) is 0 Å². The smallest absolute Gasteiger partial charge is 0.277 e. The van der Waals surface area contributed by atoms with Crippen molar-refractivity contribution in [2.45, 2.75) is 0 Å². The van der Waals surface area contributed by atoms with Crippen LogP contribution in [0.5, 0.6) is 0 Å². The number of amides is 1. The summed E-state index contributed by atoms with van der Waals surface area (Å²) in [5, 5.41) is 0. The molecule has 4 fully saturated rings. The maximum absolute atomic E-state index is 12.3. The number of hydrogen-bond acceptors (Lipinski definition) is 3. The molecule has 0 aliphatic carbocycles. The average Bonchev–Trinajstić information content (AvgIpc) is 2.41. The topological polar surface area (TPSA) is 32.8 Å². The molecule has 0 saturated carbocycles. The molecule has 5 nitrogen and oxygen atoms in total. The molecule has 4 aliphatic rings. The van der Waals surface area contributed by atoms with E-state index in [0.717, 1.165) is 37.2 Å². The average molecular weight is 240 g/mol. The second-order valence-electron chi connectivity index (χ2n) is 5.51. The van der Waals surface area contributed by atoms with Crippen LogP contribution in [0.4, 0.5) is 0 Å². The summed E-state index contributed by atoms with van der Waals surface area (Å²) in [6.07, 6.45) is 0. The molecule has 1 amide bonds. The molecule has 4 rings (SSSR count). The molecule has 96 valence electrons. The molecule has 0 aromatic heterocycles. The molecule has 0 N–H and O–H groups in total. The van der Waals surface area contributed by atoms with Crippen molar-refractivity contribution in [2.75, 3.05) is 72.1 Å². The zero-order chi connectivity index (χ0) is 11.7. The van der Waals surface area contributed by atoms with Gasteiger partial charge in [-0.05, 0) is 0 Å². The first-order valence-electron chi connectivity index (χ1n) is 6.70. The highest BCUT2D eigenvalue weighted by molar-refractivity contribution is 5.77. The van der Waals surface area contributed by atoms with Crippen molar-refractivity contribution in [2.24, 2.45) is 0 Å². The third-order valence-corrected chi connectivity index (χ3v) is 4.51. The molecule has 0 radical (unpaired) electrons. The van der Waals surface area contributed by atoms with Crippen LogP contribution in [0.2, 0.25) is 0 Å². The first kappa shape index (κ1) is 11.4. The lowest BCUT2D eigenvalue weighted by atomic mass is 10.1. The SMILES string of the molecule is O=C(C[N+]12CCN(CC1)CC2)N1CCOCC1. The van der Waals surface area contributed by atoms with E-state index in [1.807, 2.05) is 4.90 Å². The number of carbonyl (C=O) groups is 1. The van der Waals surface area contributed by atoms with Crippen LogP contribution in [0.3, 0.4) is 0 Å². The fourth-order valence-corrected chi connectivity index (χ4v) is 3.17. The summed E-state index contributed by atoms with van der Waals surface area (Å²) in [7, 11) is 0. The van der Waals surface area contributed by atoms with Gasteiger partial charge in [0.25, 0.3) is 5.91 Å². The van der Waals surface area contributed by atoms with Crippen LogP contribution in [-0.2, 0) is 9.53 Å². The third kappa shape index (κ3) is 2.32. The van der Waals surface area contributed by atoms with Gasteiger partial charge in [-0.15, -0.1) is 0 Å². The minimum absolute atomic E-state index is 0.337. The predicted octanol–water partition coefficient (Wildman–Crippen LogP) is -1.01. The summed E-state index contributed by atoms with van der Waals surface area (Å²) in [6.45, 7) is 10.7. The Morgan fingerprint density at radius 2 is 1.59 bits per heavy atom. The monoisotopic (exact) mass is 240 g/mol. The lowest BCUT2D eigenvalue weighted by Crippen LogP contribution is -2.69. The van der Waals surface area contributed by atoms with Crippen LogP contribution in [0, 0.1) is 0 Å². The van der Waals surface area contributed by atoms with Crippen molar-refractivity contribution in [3.63, 3.8) is 0 Å². The van der Waals surface area contributed by atoms with E-state index in [4.69, 9.17) is 4.74 Å². The second-order valence-corrected chi connectivity index (χ2v) is 5.51. The number of quaternary nitrogens is 1. The molecule has 0 spiro atoms. The molecule has 0 aromatic rings. The molecule has 17 heavy (non-hydrogen) atoms. The Hall–Kier alpha value is -0.650. The molecule has 2 bridgehead atoms. The summed E-state index contributed by atoms with van der Waals surface area (Å²) in [4.78, 5) is 16.8. The standard InChI is InChI=1S/C12H22N3O2/c16-12(14-4-9-17-10-5-14)11-15-6-1-13(2-7-15)3-8-15/h1-11H2/q+1. The van der Waals surface area contributed by atoms with Crippen LogP contribution in [0.25, 0.3) is 0 Å². The van der Waals surface area contributed by atoms with Crippen molar-refractivity contribution < 1.29 is 14.0 Å². The van der Waals surface area contributed by atoms with E-state index in [1.165, 1.54) is 19.6 Å². The number of rotatable bonds is 2. The maximum Gasteiger partial charge on any atom is 0.277 e. The highest BCUT2D eigenvalue weighted by atomic mass is 16.5. The molecular weight excluding hydrogens is 218 g/mol. The van der Waals surface area contributed by atoms with Crippen LogP contribution < -0.4 is 0 Å². The zero-order valence-corrected chi connectivity index (χ0v) is 10.4. The molecule has 4 heterocycles. The van der Waals surface area contributed by atoms with Gasteiger partial charge >= 0.3 is 0 Å². The number of fused-ring (bicyclic) bond motifs is 3. The second kappa shape index (κ2) is 4.55. The lowest BCUT2D eigenvalue weighted by Gasteiger charge is -2.50. The Bertz CT molecular complexity index is 280. The van der Waals surface area contributed by atoms with Crippen molar-refractivity contribution in [1.29, 1.82) is 0 Å². The molecule has 0 unspecified atom stereocenters. The number of piperazine rings is 3. The van der Waals surface area contributed by atoms with Crippen molar-refractivity contribution in [1.82, 2.24) is 9.80 Å². The summed E-state index contributed by atoms with van der Waals surface area (Å²) < 4.78 is 6.33. The number of hydrogen-bond donors (Lipinski definition) is 0. The quantitative estimate of drug-likeness (QED) is 0.580. The highest BCUT2D eigenvalue weighted by Gasteiger charge is 2.40. The van der Waals surface area contributed by atoms with Gasteiger partial charge in [-0.25, -0.2) is 0 Å². The van der Waals surface area contributed by atoms with Gasteiger partial charge in [-0.3, -0.25) is 9.69 Å². The molecule has 4 aliphatic heterocycles. The Morgan fingerprint density at radius 3 is 2.18 bits per heavy atom. The van der Waals surface area contributed by atoms with Gasteiger partial charge in [-0.2, -0.15) is 0 Å². The van der Waals surface area contributed by atoms with E-state index in [2.05, 4.69) is 4.90 Å². The molecular formula is C12H22N3O2+. The summed E-state index contributed by atoms with van der Waals surface area (Å²) in [5.41, 5.74) is 0. The number of carbonyl (C=O) groups excluding carboxylic acids is 1. The van der Waals surface area contributed by atoms with Gasteiger partial charge in [0.1, 0.15) is 0 Å². The molecule has 0 aromatic carbocycles. The van der Waals surface area contributed by atoms with Gasteiger partial charge in [0.2, 0.25) is 0 Å². The molecule has 5 heteroatoms. The summed E-state index contributed by atoms with van der Waals surface area (Å²) >= 11 is 0. The van der Waals surface area contributed by atoms with Gasteiger partial charge in [0, 0.05) is 32.7 Å². The number of ether oxygens (including phenoxy) is 1. The molecule has 4 saturated heterocycles. The zero-order valence-electron chi connectivity index (χ0n) is 10.4. The Morgan fingerprint density at radius 1 is 1.00 bits per heavy atom. The van der Waals surface area contributed by atoms with E-state index in [-0.39, 0.29) is 0 Å². The normalized spacial score (nSPS) is 37.2. The van der Waals surface area contributed by atoms with Gasteiger partial charge in [-0.1, -0.05) is 0 Å². The predicted molar refractivity (Wildman–Crippen MR) is 63.6 cm³/mol. The van der Waals surface area contributed by atoms with E-state index in [9.17, 15) is 4.79 Å². The first-order valence-corrected chi connectivity index (χ1v) is 6.70. The summed E-state index contributed by atoms with van der Waals surface area (Å²) in [5.74, 6) is 0.337.